The number of benzene rings is 1. The van der Waals surface area contributed by atoms with Crippen LogP contribution in [0, 0.1) is 0 Å². The minimum Gasteiger partial charge on any atom is -0.481 e. The van der Waals surface area contributed by atoms with Crippen LogP contribution >= 0.6 is 0 Å². The van der Waals surface area contributed by atoms with E-state index in [1.165, 1.54) is 0 Å². The van der Waals surface area contributed by atoms with Gasteiger partial charge in [0.1, 0.15) is 0 Å². The van der Waals surface area contributed by atoms with Crippen LogP contribution in [0.3, 0.4) is 0 Å². The molecule has 2 N–H and O–H groups in total. The topological polar surface area (TPSA) is 53.1 Å². The molecule has 0 saturated heterocycles. The van der Waals surface area contributed by atoms with Gasteiger partial charge in [0.05, 0.1) is 5.41 Å². The van der Waals surface area contributed by atoms with Gasteiger partial charge in [0.2, 0.25) is 0 Å². The SMILES string of the molecule is O=C(O)C1(c2c[nH]c3ccccc23)CCCCC1. The number of hydrogen-bond acceptors (Lipinski definition) is 1. The first-order valence-corrected chi connectivity index (χ1v) is 6.54. The van der Waals surface area contributed by atoms with Crippen LogP contribution in [0.5, 0.6) is 0 Å². The van der Waals surface area contributed by atoms with Crippen molar-refractivity contribution in [1.82, 2.24) is 4.98 Å². The highest BCUT2D eigenvalue weighted by molar-refractivity contribution is 5.92. The van der Waals surface area contributed by atoms with E-state index in [0.717, 1.165) is 48.6 Å². The largest absolute Gasteiger partial charge is 0.481 e. The number of rotatable bonds is 2. The van der Waals surface area contributed by atoms with E-state index < -0.39 is 11.4 Å². The second-order valence-corrected chi connectivity index (χ2v) is 5.20. The molecule has 94 valence electrons. The van der Waals surface area contributed by atoms with E-state index in [-0.39, 0.29) is 0 Å². The first-order chi connectivity index (χ1) is 8.74. The summed E-state index contributed by atoms with van der Waals surface area (Å²) in [5.41, 5.74) is 1.31. The fourth-order valence-corrected chi connectivity index (χ4v) is 3.22. The van der Waals surface area contributed by atoms with Crippen molar-refractivity contribution in [2.45, 2.75) is 37.5 Å². The normalized spacial score (nSPS) is 18.9. The first-order valence-electron chi connectivity index (χ1n) is 6.54. The number of aromatic nitrogens is 1. The minimum absolute atomic E-state index is 0.674. The van der Waals surface area contributed by atoms with Crippen molar-refractivity contribution in [3.63, 3.8) is 0 Å². The predicted molar refractivity (Wildman–Crippen MR) is 70.7 cm³/mol. The third kappa shape index (κ3) is 1.54. The third-order valence-corrected chi connectivity index (χ3v) is 4.22. The van der Waals surface area contributed by atoms with Crippen molar-refractivity contribution < 1.29 is 9.90 Å². The van der Waals surface area contributed by atoms with E-state index in [9.17, 15) is 9.90 Å². The molecule has 1 aliphatic carbocycles. The number of H-pyrrole nitrogens is 1. The molecule has 0 atom stereocenters. The Kier molecular flexibility index (Phi) is 2.62. The number of nitrogens with one attached hydrogen (secondary N) is 1. The Morgan fingerprint density at radius 3 is 2.61 bits per heavy atom. The molecule has 1 aromatic heterocycles. The molecule has 0 amide bonds. The number of carbonyl (C=O) groups is 1. The number of carboxylic acid groups (broad SMARTS) is 1. The van der Waals surface area contributed by atoms with Gasteiger partial charge in [-0.1, -0.05) is 37.5 Å². The van der Waals surface area contributed by atoms with Gasteiger partial charge in [-0.15, -0.1) is 0 Å². The summed E-state index contributed by atoms with van der Waals surface area (Å²) in [6, 6.07) is 7.95. The number of hydrogen-bond donors (Lipinski definition) is 2. The fraction of sp³-hybridized carbons (Fsp3) is 0.400. The van der Waals surface area contributed by atoms with Crippen molar-refractivity contribution >= 4 is 16.9 Å². The molecular weight excluding hydrogens is 226 g/mol. The van der Waals surface area contributed by atoms with Crippen LogP contribution in [0.25, 0.3) is 10.9 Å². The fourth-order valence-electron chi connectivity index (χ4n) is 3.22. The second-order valence-electron chi connectivity index (χ2n) is 5.20. The monoisotopic (exact) mass is 243 g/mol. The molecule has 0 radical (unpaired) electrons. The highest BCUT2D eigenvalue weighted by atomic mass is 16.4. The van der Waals surface area contributed by atoms with Crippen LogP contribution in [0.15, 0.2) is 30.5 Å². The van der Waals surface area contributed by atoms with Gasteiger partial charge >= 0.3 is 5.97 Å². The summed E-state index contributed by atoms with van der Waals surface area (Å²) >= 11 is 0. The molecule has 0 aliphatic heterocycles. The highest BCUT2D eigenvalue weighted by Gasteiger charge is 2.42. The first kappa shape index (κ1) is 11.3. The van der Waals surface area contributed by atoms with Crippen molar-refractivity contribution in [2.75, 3.05) is 0 Å². The molecule has 0 bridgehead atoms. The number of aliphatic carboxylic acids is 1. The van der Waals surface area contributed by atoms with Crippen LogP contribution in [0.2, 0.25) is 0 Å². The average Bonchev–Trinajstić information content (AvgIpc) is 2.83. The molecule has 1 aliphatic rings. The number of carboxylic acids is 1. The summed E-state index contributed by atoms with van der Waals surface area (Å²) in [5.74, 6) is -0.674. The lowest BCUT2D eigenvalue weighted by Crippen LogP contribution is -2.37. The van der Waals surface area contributed by atoms with E-state index >= 15 is 0 Å². The summed E-state index contributed by atoms with van der Waals surface area (Å²) in [4.78, 5) is 15.0. The molecule has 0 unspecified atom stereocenters. The lowest BCUT2D eigenvalue weighted by Gasteiger charge is -2.33. The number of para-hydroxylation sites is 1. The summed E-state index contributed by atoms with van der Waals surface area (Å²) in [6.45, 7) is 0. The average molecular weight is 243 g/mol. The summed E-state index contributed by atoms with van der Waals surface area (Å²) < 4.78 is 0. The Hall–Kier alpha value is -1.77. The van der Waals surface area contributed by atoms with Crippen LogP contribution in [0.4, 0.5) is 0 Å². The van der Waals surface area contributed by atoms with Crippen molar-refractivity contribution in [1.29, 1.82) is 0 Å². The Labute approximate surface area is 106 Å². The minimum atomic E-state index is -0.683. The van der Waals surface area contributed by atoms with Crippen molar-refractivity contribution in [3.8, 4) is 0 Å². The lowest BCUT2D eigenvalue weighted by molar-refractivity contribution is -0.145. The maximum atomic E-state index is 11.8. The van der Waals surface area contributed by atoms with E-state index in [1.807, 2.05) is 30.5 Å². The molecule has 18 heavy (non-hydrogen) atoms. The number of fused-ring (bicyclic) bond motifs is 1. The van der Waals surface area contributed by atoms with E-state index in [1.54, 1.807) is 0 Å². The van der Waals surface area contributed by atoms with Crippen LogP contribution < -0.4 is 0 Å². The van der Waals surface area contributed by atoms with E-state index in [0.29, 0.717) is 0 Å². The summed E-state index contributed by atoms with van der Waals surface area (Å²) in [5, 5.41) is 10.8. The Balaban J connectivity index is 2.18. The van der Waals surface area contributed by atoms with Crippen LogP contribution in [-0.4, -0.2) is 16.1 Å². The Bertz CT molecular complexity index is 579. The molecule has 0 spiro atoms. The van der Waals surface area contributed by atoms with Gasteiger partial charge < -0.3 is 10.1 Å². The van der Waals surface area contributed by atoms with Crippen LogP contribution in [0.1, 0.15) is 37.7 Å². The summed E-state index contributed by atoms with van der Waals surface area (Å²) in [6.07, 6.45) is 6.56. The smallest absolute Gasteiger partial charge is 0.314 e. The van der Waals surface area contributed by atoms with E-state index in [2.05, 4.69) is 4.98 Å². The van der Waals surface area contributed by atoms with E-state index in [4.69, 9.17) is 0 Å². The molecule has 2 aromatic rings. The standard InChI is InChI=1S/C15H17NO2/c17-14(18)15(8-4-1-5-9-15)12-10-16-13-7-3-2-6-11(12)13/h2-3,6-7,10,16H,1,4-5,8-9H2,(H,17,18). The van der Waals surface area contributed by atoms with Crippen LogP contribution in [-0.2, 0) is 10.2 Å². The van der Waals surface area contributed by atoms with Gasteiger partial charge in [0.15, 0.2) is 0 Å². The quantitative estimate of drug-likeness (QED) is 0.848. The predicted octanol–water partition coefficient (Wildman–Crippen LogP) is 3.45. The maximum Gasteiger partial charge on any atom is 0.314 e. The zero-order valence-electron chi connectivity index (χ0n) is 10.3. The van der Waals surface area contributed by atoms with Gasteiger partial charge in [0, 0.05) is 17.1 Å². The van der Waals surface area contributed by atoms with Gasteiger partial charge in [-0.3, -0.25) is 4.79 Å². The molecule has 1 aromatic carbocycles. The molecular formula is C15H17NO2. The van der Waals surface area contributed by atoms with Gasteiger partial charge in [-0.05, 0) is 24.5 Å². The Morgan fingerprint density at radius 1 is 1.17 bits per heavy atom. The molecule has 1 fully saturated rings. The van der Waals surface area contributed by atoms with Crippen molar-refractivity contribution in [2.24, 2.45) is 0 Å². The molecule has 1 saturated carbocycles. The molecule has 3 heteroatoms. The van der Waals surface area contributed by atoms with Crippen molar-refractivity contribution in [3.05, 3.63) is 36.0 Å². The Morgan fingerprint density at radius 2 is 1.89 bits per heavy atom. The number of aromatic amines is 1. The lowest BCUT2D eigenvalue weighted by atomic mass is 9.69. The zero-order valence-corrected chi connectivity index (χ0v) is 10.3. The molecule has 3 rings (SSSR count). The highest BCUT2D eigenvalue weighted by Crippen LogP contribution is 2.42. The van der Waals surface area contributed by atoms with Gasteiger partial charge in [0.25, 0.3) is 0 Å². The zero-order chi connectivity index (χ0) is 12.6. The van der Waals surface area contributed by atoms with Gasteiger partial charge in [-0.25, -0.2) is 0 Å². The summed E-state index contributed by atoms with van der Waals surface area (Å²) in [7, 11) is 0. The maximum absolute atomic E-state index is 11.8. The van der Waals surface area contributed by atoms with Gasteiger partial charge in [-0.2, -0.15) is 0 Å². The second kappa shape index (κ2) is 4.16. The molecule has 3 nitrogen and oxygen atoms in total. The molecule has 1 heterocycles. The third-order valence-electron chi connectivity index (χ3n) is 4.22.